The van der Waals surface area contributed by atoms with Gasteiger partial charge in [0.2, 0.25) is 5.16 Å². The average molecular weight is 342 g/mol. The number of hydrogen-bond donors (Lipinski definition) is 0. The Kier molecular flexibility index (Phi) is 3.65. The van der Waals surface area contributed by atoms with E-state index < -0.39 is 0 Å². The van der Waals surface area contributed by atoms with Gasteiger partial charge in [-0.3, -0.25) is 0 Å². The fraction of sp³-hybridized carbons (Fsp3) is 0.118. The van der Waals surface area contributed by atoms with Gasteiger partial charge in [-0.1, -0.05) is 23.9 Å². The van der Waals surface area contributed by atoms with Crippen LogP contribution in [0.1, 0.15) is 12.5 Å². The molecule has 0 amide bonds. The van der Waals surface area contributed by atoms with Gasteiger partial charge in [-0.05, 0) is 48.9 Å². The maximum Gasteiger partial charge on any atom is 0.213 e. The largest absolute Gasteiger partial charge is 0.213 e. The molecular formula is C17H12F2N4S. The van der Waals surface area contributed by atoms with Crippen molar-refractivity contribution in [3.8, 4) is 11.4 Å². The van der Waals surface area contributed by atoms with Crippen LogP contribution in [0.2, 0.25) is 0 Å². The summed E-state index contributed by atoms with van der Waals surface area (Å²) in [6, 6.07) is 12.3. The molecule has 0 N–H and O–H groups in total. The molecule has 0 fully saturated rings. The normalized spacial score (nSPS) is 16.6. The van der Waals surface area contributed by atoms with E-state index in [1.807, 2.05) is 6.92 Å². The second-order valence-corrected chi connectivity index (χ2v) is 6.69. The van der Waals surface area contributed by atoms with Crippen molar-refractivity contribution in [3.63, 3.8) is 0 Å². The SMILES string of the molecule is C[C@H]1Sc2nnc(-c3ccc(F)cc3)n2N=C1c1ccc(F)cc1. The second-order valence-electron chi connectivity index (χ2n) is 5.38. The number of fused-ring (bicyclic) bond motifs is 1. The summed E-state index contributed by atoms with van der Waals surface area (Å²) in [7, 11) is 0. The number of halogens is 2. The van der Waals surface area contributed by atoms with E-state index in [0.717, 1.165) is 16.8 Å². The molecular weight excluding hydrogens is 330 g/mol. The van der Waals surface area contributed by atoms with E-state index in [0.29, 0.717) is 11.0 Å². The number of hydrogen-bond acceptors (Lipinski definition) is 4. The minimum Gasteiger partial charge on any atom is -0.207 e. The fourth-order valence-corrected chi connectivity index (χ4v) is 3.45. The predicted molar refractivity (Wildman–Crippen MR) is 89.1 cm³/mol. The maximum absolute atomic E-state index is 13.2. The first-order valence-corrected chi connectivity index (χ1v) is 8.22. The standard InChI is InChI=1S/C17H12F2N4S/c1-10-15(11-2-6-13(18)7-3-11)22-23-16(20-21-17(23)24-10)12-4-8-14(19)9-5-12/h2-10H,1H3/t10-/m1/s1. The van der Waals surface area contributed by atoms with Crippen molar-refractivity contribution < 1.29 is 8.78 Å². The molecule has 1 aliphatic heterocycles. The highest BCUT2D eigenvalue weighted by Crippen LogP contribution is 2.32. The Morgan fingerprint density at radius 3 is 2.08 bits per heavy atom. The van der Waals surface area contributed by atoms with Gasteiger partial charge < -0.3 is 0 Å². The highest BCUT2D eigenvalue weighted by Gasteiger charge is 2.26. The Morgan fingerprint density at radius 2 is 1.46 bits per heavy atom. The van der Waals surface area contributed by atoms with Crippen LogP contribution in [0.4, 0.5) is 8.78 Å². The highest BCUT2D eigenvalue weighted by atomic mass is 32.2. The molecule has 1 aliphatic rings. The maximum atomic E-state index is 13.2. The molecule has 4 nitrogen and oxygen atoms in total. The molecule has 0 spiro atoms. The van der Waals surface area contributed by atoms with Gasteiger partial charge in [-0.15, -0.1) is 10.2 Å². The summed E-state index contributed by atoms with van der Waals surface area (Å²) in [6.07, 6.45) is 0. The van der Waals surface area contributed by atoms with E-state index in [1.54, 1.807) is 28.9 Å². The first-order valence-electron chi connectivity index (χ1n) is 7.34. The summed E-state index contributed by atoms with van der Waals surface area (Å²) in [6.45, 7) is 2.02. The highest BCUT2D eigenvalue weighted by molar-refractivity contribution is 8.00. The van der Waals surface area contributed by atoms with Crippen molar-refractivity contribution in [1.29, 1.82) is 0 Å². The van der Waals surface area contributed by atoms with Gasteiger partial charge in [0.05, 0.1) is 11.0 Å². The van der Waals surface area contributed by atoms with Gasteiger partial charge >= 0.3 is 0 Å². The van der Waals surface area contributed by atoms with Crippen molar-refractivity contribution in [1.82, 2.24) is 14.9 Å². The molecule has 0 unspecified atom stereocenters. The summed E-state index contributed by atoms with van der Waals surface area (Å²) >= 11 is 1.53. The van der Waals surface area contributed by atoms with Crippen LogP contribution in [0.25, 0.3) is 11.4 Å². The Balaban J connectivity index is 1.81. The van der Waals surface area contributed by atoms with Crippen LogP contribution in [0.3, 0.4) is 0 Å². The molecule has 24 heavy (non-hydrogen) atoms. The van der Waals surface area contributed by atoms with E-state index in [4.69, 9.17) is 0 Å². The van der Waals surface area contributed by atoms with Crippen LogP contribution in [-0.2, 0) is 0 Å². The van der Waals surface area contributed by atoms with E-state index in [1.165, 1.54) is 36.0 Å². The molecule has 2 heterocycles. The van der Waals surface area contributed by atoms with Crippen LogP contribution < -0.4 is 0 Å². The van der Waals surface area contributed by atoms with E-state index in [9.17, 15) is 8.78 Å². The van der Waals surface area contributed by atoms with E-state index >= 15 is 0 Å². The molecule has 0 saturated heterocycles. The van der Waals surface area contributed by atoms with Crippen LogP contribution in [-0.4, -0.2) is 25.8 Å². The Morgan fingerprint density at radius 1 is 0.875 bits per heavy atom. The lowest BCUT2D eigenvalue weighted by atomic mass is 10.1. The molecule has 0 saturated carbocycles. The lowest BCUT2D eigenvalue weighted by Crippen LogP contribution is -2.21. The van der Waals surface area contributed by atoms with Crippen LogP contribution in [0.5, 0.6) is 0 Å². The molecule has 2 aromatic carbocycles. The van der Waals surface area contributed by atoms with Gasteiger partial charge in [0.1, 0.15) is 11.6 Å². The van der Waals surface area contributed by atoms with Gasteiger partial charge in [0, 0.05) is 5.56 Å². The lowest BCUT2D eigenvalue weighted by Gasteiger charge is -2.19. The summed E-state index contributed by atoms with van der Waals surface area (Å²) in [5.41, 5.74) is 2.39. The average Bonchev–Trinajstić information content (AvgIpc) is 2.98. The van der Waals surface area contributed by atoms with Crippen LogP contribution in [0.15, 0.2) is 58.8 Å². The van der Waals surface area contributed by atoms with Crippen molar-refractivity contribution in [2.45, 2.75) is 17.3 Å². The van der Waals surface area contributed by atoms with Crippen molar-refractivity contribution in [2.24, 2.45) is 5.10 Å². The lowest BCUT2D eigenvalue weighted by molar-refractivity contribution is 0.627. The summed E-state index contributed by atoms with van der Waals surface area (Å²) in [5, 5.41) is 13.7. The minimum atomic E-state index is -0.310. The summed E-state index contributed by atoms with van der Waals surface area (Å²) in [5.74, 6) is -0.0490. The van der Waals surface area contributed by atoms with Crippen LogP contribution in [0, 0.1) is 11.6 Å². The Hall–Kier alpha value is -2.54. The van der Waals surface area contributed by atoms with Gasteiger partial charge in [0.15, 0.2) is 5.82 Å². The second kappa shape index (κ2) is 5.83. The van der Waals surface area contributed by atoms with Crippen molar-refractivity contribution in [2.75, 3.05) is 0 Å². The Bertz CT molecular complexity index is 917. The van der Waals surface area contributed by atoms with Gasteiger partial charge in [-0.2, -0.15) is 9.78 Å². The zero-order valence-electron chi connectivity index (χ0n) is 12.6. The number of nitrogens with zero attached hydrogens (tertiary/aromatic N) is 4. The van der Waals surface area contributed by atoms with Crippen LogP contribution >= 0.6 is 11.8 Å². The summed E-state index contributed by atoms with van der Waals surface area (Å²) < 4.78 is 27.9. The van der Waals surface area contributed by atoms with Crippen molar-refractivity contribution in [3.05, 3.63) is 65.7 Å². The van der Waals surface area contributed by atoms with E-state index in [2.05, 4.69) is 15.3 Å². The van der Waals surface area contributed by atoms with Gasteiger partial charge in [-0.25, -0.2) is 8.78 Å². The zero-order chi connectivity index (χ0) is 16.7. The molecule has 7 heteroatoms. The third-order valence-electron chi connectivity index (χ3n) is 3.73. The molecule has 120 valence electrons. The monoisotopic (exact) mass is 342 g/mol. The smallest absolute Gasteiger partial charge is 0.207 e. The quantitative estimate of drug-likeness (QED) is 0.708. The molecule has 0 radical (unpaired) electrons. The number of thioether (sulfide) groups is 1. The topological polar surface area (TPSA) is 43.1 Å². The van der Waals surface area contributed by atoms with Crippen molar-refractivity contribution >= 4 is 17.5 Å². The molecule has 1 atom stereocenters. The van der Waals surface area contributed by atoms with Gasteiger partial charge in [0.25, 0.3) is 0 Å². The van der Waals surface area contributed by atoms with E-state index in [-0.39, 0.29) is 16.9 Å². The minimum absolute atomic E-state index is 0.0632. The zero-order valence-corrected chi connectivity index (χ0v) is 13.5. The molecule has 0 bridgehead atoms. The summed E-state index contributed by atoms with van der Waals surface area (Å²) in [4.78, 5) is 0. The number of rotatable bonds is 2. The number of benzene rings is 2. The first kappa shape index (κ1) is 15.0. The third-order valence-corrected chi connectivity index (χ3v) is 4.77. The molecule has 3 aromatic rings. The fourth-order valence-electron chi connectivity index (χ4n) is 2.52. The predicted octanol–water partition coefficient (Wildman–Crippen LogP) is 3.97. The number of aromatic nitrogens is 3. The molecule has 1 aromatic heterocycles. The Labute approximate surface area is 141 Å². The molecule has 4 rings (SSSR count). The first-order chi connectivity index (χ1) is 11.6. The third kappa shape index (κ3) is 2.60. The molecule has 0 aliphatic carbocycles.